The third-order valence-corrected chi connectivity index (χ3v) is 5.89. The van der Waals surface area contributed by atoms with Crippen LogP contribution in [0.5, 0.6) is 5.75 Å². The molecule has 0 aliphatic heterocycles. The van der Waals surface area contributed by atoms with E-state index in [0.29, 0.717) is 41.4 Å². The molecule has 3 aromatic rings. The number of nitrogens with zero attached hydrogens (tertiary/aromatic N) is 3. The van der Waals surface area contributed by atoms with E-state index < -0.39 is 9.05 Å². The molecule has 156 valence electrons. The average Bonchev–Trinajstić information content (AvgIpc) is 2.98. The lowest BCUT2D eigenvalue weighted by molar-refractivity contribution is 0.341. The fourth-order valence-corrected chi connectivity index (χ4v) is 3.96. The predicted molar refractivity (Wildman–Crippen MR) is 111 cm³/mol. The lowest BCUT2D eigenvalue weighted by atomic mass is 10.2. The number of unbranched alkanes of at least 4 members (excludes halogenated alkanes) is 2. The van der Waals surface area contributed by atoms with Gasteiger partial charge in [-0.05, 0) is 38.5 Å². The Bertz CT molecular complexity index is 1200. The van der Waals surface area contributed by atoms with Gasteiger partial charge < -0.3 is 9.72 Å². The second-order valence-corrected chi connectivity index (χ2v) is 9.23. The molecule has 2 aromatic heterocycles. The topological polar surface area (TPSA) is 106 Å². The van der Waals surface area contributed by atoms with E-state index in [0.717, 1.165) is 19.3 Å². The minimum absolute atomic E-state index is 0.106. The van der Waals surface area contributed by atoms with Crippen LogP contribution in [0.4, 0.5) is 0 Å². The summed E-state index contributed by atoms with van der Waals surface area (Å²) >= 11 is 0. The van der Waals surface area contributed by atoms with Gasteiger partial charge in [-0.1, -0.05) is 19.8 Å². The van der Waals surface area contributed by atoms with E-state index >= 15 is 0 Å². The molecule has 0 amide bonds. The summed E-state index contributed by atoms with van der Waals surface area (Å²) in [5.41, 5.74) is 0.944. The molecule has 10 heteroatoms. The van der Waals surface area contributed by atoms with Gasteiger partial charge >= 0.3 is 0 Å². The summed E-state index contributed by atoms with van der Waals surface area (Å²) in [5.74, 6) is 1.27. The van der Waals surface area contributed by atoms with Crippen molar-refractivity contribution in [2.45, 2.75) is 51.3 Å². The van der Waals surface area contributed by atoms with E-state index in [-0.39, 0.29) is 16.3 Å². The molecule has 0 fully saturated rings. The summed E-state index contributed by atoms with van der Waals surface area (Å²) < 4.78 is 30.7. The Hall–Kier alpha value is -2.39. The van der Waals surface area contributed by atoms with Crippen molar-refractivity contribution in [2.75, 3.05) is 6.61 Å². The van der Waals surface area contributed by atoms with Crippen molar-refractivity contribution >= 4 is 25.2 Å². The van der Waals surface area contributed by atoms with Gasteiger partial charge in [0.2, 0.25) is 0 Å². The molecule has 0 unspecified atom stereocenters. The Kier molecular flexibility index (Phi) is 6.28. The third kappa shape index (κ3) is 4.45. The monoisotopic (exact) mass is 438 g/mol. The van der Waals surface area contributed by atoms with E-state index in [9.17, 15) is 13.2 Å². The van der Waals surface area contributed by atoms with Crippen molar-refractivity contribution in [3.63, 3.8) is 0 Å². The number of aromatic amines is 1. The maximum Gasteiger partial charge on any atom is 0.277 e. The molecular formula is C19H23ClN4O4S. The quantitative estimate of drug-likeness (QED) is 0.426. The minimum atomic E-state index is -3.96. The van der Waals surface area contributed by atoms with Crippen molar-refractivity contribution in [3.05, 3.63) is 40.1 Å². The molecule has 2 heterocycles. The van der Waals surface area contributed by atoms with Crippen molar-refractivity contribution < 1.29 is 13.2 Å². The summed E-state index contributed by atoms with van der Waals surface area (Å²) in [7, 11) is 1.54. The Balaban J connectivity index is 2.21. The van der Waals surface area contributed by atoms with Gasteiger partial charge in [-0.25, -0.2) is 17.9 Å². The molecular weight excluding hydrogens is 416 g/mol. The van der Waals surface area contributed by atoms with Gasteiger partial charge in [0.15, 0.2) is 11.3 Å². The second-order valence-electron chi connectivity index (χ2n) is 6.66. The third-order valence-electron chi connectivity index (χ3n) is 4.53. The van der Waals surface area contributed by atoms with Crippen LogP contribution in [-0.4, -0.2) is 34.6 Å². The lowest BCUT2D eigenvalue weighted by Crippen LogP contribution is -2.16. The number of fused-ring (bicyclic) bond motifs is 1. The van der Waals surface area contributed by atoms with Gasteiger partial charge in [0.25, 0.3) is 14.6 Å². The maximum atomic E-state index is 12.7. The summed E-state index contributed by atoms with van der Waals surface area (Å²) in [6.45, 7) is 6.05. The predicted octanol–water partition coefficient (Wildman–Crippen LogP) is 3.45. The molecule has 29 heavy (non-hydrogen) atoms. The molecule has 3 rings (SSSR count). The Morgan fingerprint density at radius 2 is 2.00 bits per heavy atom. The zero-order valence-corrected chi connectivity index (χ0v) is 18.1. The van der Waals surface area contributed by atoms with Crippen LogP contribution in [0.15, 0.2) is 27.9 Å². The smallest absolute Gasteiger partial charge is 0.277 e. The summed E-state index contributed by atoms with van der Waals surface area (Å²) in [4.78, 5) is 19.9. The van der Waals surface area contributed by atoms with Crippen molar-refractivity contribution in [1.29, 1.82) is 0 Å². The van der Waals surface area contributed by atoms with Gasteiger partial charge in [-0.15, -0.1) is 5.10 Å². The molecule has 0 saturated heterocycles. The molecule has 0 saturated carbocycles. The number of rotatable bonds is 8. The molecule has 0 bridgehead atoms. The van der Waals surface area contributed by atoms with Gasteiger partial charge in [0, 0.05) is 17.1 Å². The molecule has 0 atom stereocenters. The molecule has 0 radical (unpaired) electrons. The first kappa shape index (κ1) is 21.3. The first-order chi connectivity index (χ1) is 13.8. The van der Waals surface area contributed by atoms with Gasteiger partial charge in [0.1, 0.15) is 11.6 Å². The zero-order valence-electron chi connectivity index (χ0n) is 16.5. The molecule has 1 aromatic carbocycles. The number of aryl methyl sites for hydroxylation is 2. The standard InChI is InChI=1S/C19H23ClN4O4S/c1-4-6-7-8-16-21-12(3)17-19(25)22-18(23-24(16)17)14-11-13(29(20,26)27)9-10-15(14)28-5-2/h9-11H,4-8H2,1-3H3,(H,22,23,25). The number of imidazole rings is 1. The number of halogens is 1. The maximum absolute atomic E-state index is 12.7. The highest BCUT2D eigenvalue weighted by molar-refractivity contribution is 8.13. The molecule has 0 spiro atoms. The Morgan fingerprint density at radius 1 is 1.24 bits per heavy atom. The van der Waals surface area contributed by atoms with Crippen LogP contribution in [0.2, 0.25) is 0 Å². The van der Waals surface area contributed by atoms with Crippen LogP contribution < -0.4 is 10.3 Å². The number of nitrogens with one attached hydrogen (secondary N) is 1. The number of hydrogen-bond donors (Lipinski definition) is 1. The van der Waals surface area contributed by atoms with Crippen LogP contribution in [0.25, 0.3) is 16.9 Å². The first-order valence-corrected chi connectivity index (χ1v) is 11.8. The number of ether oxygens (including phenoxy) is 1. The number of benzene rings is 1. The van der Waals surface area contributed by atoms with Gasteiger partial charge in [0.05, 0.1) is 22.8 Å². The van der Waals surface area contributed by atoms with Crippen LogP contribution >= 0.6 is 10.7 Å². The van der Waals surface area contributed by atoms with Crippen LogP contribution in [0, 0.1) is 6.92 Å². The van der Waals surface area contributed by atoms with E-state index in [4.69, 9.17) is 15.4 Å². The van der Waals surface area contributed by atoms with E-state index in [2.05, 4.69) is 22.0 Å². The van der Waals surface area contributed by atoms with Crippen molar-refractivity contribution in [2.24, 2.45) is 0 Å². The second kappa shape index (κ2) is 8.54. The Labute approximate surface area is 173 Å². The van der Waals surface area contributed by atoms with Crippen LogP contribution in [0.3, 0.4) is 0 Å². The van der Waals surface area contributed by atoms with E-state index in [1.54, 1.807) is 13.8 Å². The molecule has 0 aliphatic rings. The number of hydrogen-bond acceptors (Lipinski definition) is 6. The molecule has 0 aliphatic carbocycles. The largest absolute Gasteiger partial charge is 0.493 e. The fourth-order valence-electron chi connectivity index (χ4n) is 3.18. The van der Waals surface area contributed by atoms with E-state index in [1.165, 1.54) is 22.7 Å². The van der Waals surface area contributed by atoms with Gasteiger partial charge in [-0.2, -0.15) is 0 Å². The summed E-state index contributed by atoms with van der Waals surface area (Å²) in [6.07, 6.45) is 3.74. The normalized spacial score (nSPS) is 11.9. The van der Waals surface area contributed by atoms with Crippen molar-refractivity contribution in [3.8, 4) is 17.1 Å². The summed E-state index contributed by atoms with van der Waals surface area (Å²) in [5, 5.41) is 4.55. The lowest BCUT2D eigenvalue weighted by Gasteiger charge is -2.11. The molecule has 1 N–H and O–H groups in total. The number of H-pyrrole nitrogens is 1. The van der Waals surface area contributed by atoms with E-state index in [1.807, 2.05) is 0 Å². The average molecular weight is 439 g/mol. The number of aromatic nitrogens is 4. The fraction of sp³-hybridized carbons (Fsp3) is 0.421. The van der Waals surface area contributed by atoms with Crippen molar-refractivity contribution in [1.82, 2.24) is 19.6 Å². The van der Waals surface area contributed by atoms with Gasteiger partial charge in [-0.3, -0.25) is 4.79 Å². The molecule has 8 nitrogen and oxygen atoms in total. The Morgan fingerprint density at radius 3 is 2.66 bits per heavy atom. The highest BCUT2D eigenvalue weighted by Crippen LogP contribution is 2.31. The SMILES string of the molecule is CCCCCc1nc(C)c2c(=O)[nH]c(-c3cc(S(=O)(=O)Cl)ccc3OCC)nn12. The minimum Gasteiger partial charge on any atom is -0.493 e. The highest BCUT2D eigenvalue weighted by Gasteiger charge is 2.19. The summed E-state index contributed by atoms with van der Waals surface area (Å²) in [6, 6.07) is 4.20. The zero-order chi connectivity index (χ0) is 21.2. The van der Waals surface area contributed by atoms with Crippen LogP contribution in [0.1, 0.15) is 44.6 Å². The van der Waals surface area contributed by atoms with Crippen LogP contribution in [-0.2, 0) is 15.5 Å². The first-order valence-electron chi connectivity index (χ1n) is 9.46. The highest BCUT2D eigenvalue weighted by atomic mass is 35.7.